The van der Waals surface area contributed by atoms with Crippen LogP contribution in [0.1, 0.15) is 59.3 Å². The molecule has 0 aliphatic heterocycles. The number of hydrogen-bond donors (Lipinski definition) is 2. The van der Waals surface area contributed by atoms with Gasteiger partial charge in [0, 0.05) is 6.04 Å². The van der Waals surface area contributed by atoms with E-state index in [1.165, 1.54) is 25.7 Å². The van der Waals surface area contributed by atoms with Gasteiger partial charge in [-0.15, -0.1) is 12.4 Å². The number of carbonyl (C=O) groups excluding carboxylic acids is 1. The van der Waals surface area contributed by atoms with Crippen LogP contribution in [-0.4, -0.2) is 17.5 Å². The maximum Gasteiger partial charge on any atom is 0.240 e. The highest BCUT2D eigenvalue weighted by Crippen LogP contribution is 2.49. The van der Waals surface area contributed by atoms with Gasteiger partial charge < -0.3 is 11.1 Å². The van der Waals surface area contributed by atoms with E-state index in [-0.39, 0.29) is 24.4 Å². The summed E-state index contributed by atoms with van der Waals surface area (Å²) in [6, 6.07) is 0.285. The van der Waals surface area contributed by atoms with Gasteiger partial charge in [-0.3, -0.25) is 4.79 Å². The van der Waals surface area contributed by atoms with Gasteiger partial charge in [0.15, 0.2) is 0 Å². The molecule has 2 aliphatic rings. The quantitative estimate of drug-likeness (QED) is 0.817. The fourth-order valence-corrected chi connectivity index (χ4v) is 4.02. The Hall–Kier alpha value is -0.280. The van der Waals surface area contributed by atoms with Crippen LogP contribution in [0.15, 0.2) is 0 Å². The second kappa shape index (κ2) is 6.45. The van der Waals surface area contributed by atoms with Gasteiger partial charge in [-0.25, -0.2) is 0 Å². The second-order valence-electron chi connectivity index (χ2n) is 6.77. The van der Waals surface area contributed by atoms with Crippen LogP contribution in [0.5, 0.6) is 0 Å². The topological polar surface area (TPSA) is 55.1 Å². The molecule has 0 aromatic rings. The van der Waals surface area contributed by atoms with Gasteiger partial charge in [0.05, 0.1) is 5.54 Å². The molecule has 3 N–H and O–H groups in total. The summed E-state index contributed by atoms with van der Waals surface area (Å²) in [6.45, 7) is 6.07. The number of rotatable bonds is 5. The predicted molar refractivity (Wildman–Crippen MR) is 81.3 cm³/mol. The molecule has 4 heteroatoms. The molecule has 2 aliphatic carbocycles. The molecular formula is C15H29ClN2O. The standard InChI is InChI=1S/C15H28N2O.ClH/c1-4-7-15(3,16)14(18)17-10(2)13-9-11-5-6-12(13)8-11;/h10-13H,4-9,16H2,1-3H3,(H,17,18);1H. The largest absolute Gasteiger partial charge is 0.352 e. The lowest BCUT2D eigenvalue weighted by Gasteiger charge is -2.31. The Bertz CT molecular complexity index is 319. The van der Waals surface area contributed by atoms with Crippen molar-refractivity contribution >= 4 is 18.3 Å². The van der Waals surface area contributed by atoms with E-state index in [2.05, 4.69) is 19.2 Å². The van der Waals surface area contributed by atoms with Crippen LogP contribution >= 0.6 is 12.4 Å². The molecule has 0 radical (unpaired) electrons. The SMILES string of the molecule is CCCC(C)(N)C(=O)NC(C)C1CC2CCC1C2.Cl. The van der Waals surface area contributed by atoms with Crippen molar-refractivity contribution in [3.05, 3.63) is 0 Å². The van der Waals surface area contributed by atoms with E-state index in [0.29, 0.717) is 5.92 Å². The summed E-state index contributed by atoms with van der Waals surface area (Å²) in [7, 11) is 0. The molecular weight excluding hydrogens is 260 g/mol. The normalized spacial score (nSPS) is 33.4. The maximum atomic E-state index is 12.2. The molecule has 2 bridgehead atoms. The summed E-state index contributed by atoms with van der Waals surface area (Å²) < 4.78 is 0. The Labute approximate surface area is 123 Å². The summed E-state index contributed by atoms with van der Waals surface area (Å²) in [4.78, 5) is 12.2. The fraction of sp³-hybridized carbons (Fsp3) is 0.933. The monoisotopic (exact) mass is 288 g/mol. The summed E-state index contributed by atoms with van der Waals surface area (Å²) in [6.07, 6.45) is 7.17. The van der Waals surface area contributed by atoms with Crippen molar-refractivity contribution in [2.75, 3.05) is 0 Å². The van der Waals surface area contributed by atoms with Crippen LogP contribution in [0.3, 0.4) is 0 Å². The molecule has 112 valence electrons. The van der Waals surface area contributed by atoms with Gasteiger partial charge in [0.25, 0.3) is 0 Å². The Balaban J connectivity index is 0.00000180. The second-order valence-corrected chi connectivity index (χ2v) is 6.77. The van der Waals surface area contributed by atoms with Crippen LogP contribution in [0.2, 0.25) is 0 Å². The molecule has 0 aromatic carbocycles. The first-order chi connectivity index (χ1) is 8.44. The molecule has 5 unspecified atom stereocenters. The molecule has 0 spiro atoms. The molecule has 3 nitrogen and oxygen atoms in total. The number of carbonyl (C=O) groups is 1. The van der Waals surface area contributed by atoms with E-state index in [0.717, 1.165) is 24.7 Å². The highest BCUT2D eigenvalue weighted by Gasteiger charge is 2.42. The fourth-order valence-electron chi connectivity index (χ4n) is 4.02. The van der Waals surface area contributed by atoms with Gasteiger partial charge in [0.2, 0.25) is 5.91 Å². The van der Waals surface area contributed by atoms with E-state index < -0.39 is 5.54 Å². The van der Waals surface area contributed by atoms with Crippen LogP contribution in [-0.2, 0) is 4.79 Å². The van der Waals surface area contributed by atoms with Crippen molar-refractivity contribution in [3.63, 3.8) is 0 Å². The Morgan fingerprint density at radius 3 is 2.58 bits per heavy atom. The molecule has 2 fully saturated rings. The third-order valence-electron chi connectivity index (χ3n) is 5.08. The lowest BCUT2D eigenvalue weighted by atomic mass is 9.83. The minimum absolute atomic E-state index is 0. The number of nitrogens with one attached hydrogen (secondary N) is 1. The van der Waals surface area contributed by atoms with Crippen molar-refractivity contribution < 1.29 is 4.79 Å². The Kier molecular flexibility index (Phi) is 5.69. The van der Waals surface area contributed by atoms with E-state index in [4.69, 9.17) is 5.73 Å². The van der Waals surface area contributed by atoms with E-state index in [1.54, 1.807) is 0 Å². The van der Waals surface area contributed by atoms with Crippen molar-refractivity contribution in [2.45, 2.75) is 70.9 Å². The summed E-state index contributed by atoms with van der Waals surface area (Å²) >= 11 is 0. The summed E-state index contributed by atoms with van der Waals surface area (Å²) in [5.41, 5.74) is 5.37. The summed E-state index contributed by atoms with van der Waals surface area (Å²) in [5, 5.41) is 3.17. The first kappa shape index (κ1) is 16.8. The lowest BCUT2D eigenvalue weighted by Crippen LogP contribution is -2.55. The predicted octanol–water partition coefficient (Wildman–Crippen LogP) is 2.87. The van der Waals surface area contributed by atoms with Crippen LogP contribution < -0.4 is 11.1 Å². The summed E-state index contributed by atoms with van der Waals surface area (Å²) in [5.74, 6) is 2.49. The van der Waals surface area contributed by atoms with Crippen LogP contribution in [0.25, 0.3) is 0 Å². The maximum absolute atomic E-state index is 12.2. The number of amides is 1. The molecule has 0 aromatic heterocycles. The van der Waals surface area contributed by atoms with Gasteiger partial charge in [-0.05, 0) is 57.3 Å². The minimum Gasteiger partial charge on any atom is -0.352 e. The first-order valence-corrected chi connectivity index (χ1v) is 7.54. The average Bonchev–Trinajstić information content (AvgIpc) is 2.90. The number of halogens is 1. The zero-order valence-electron chi connectivity index (χ0n) is 12.4. The Morgan fingerprint density at radius 2 is 2.11 bits per heavy atom. The molecule has 1 amide bonds. The van der Waals surface area contributed by atoms with Crippen molar-refractivity contribution in [1.29, 1.82) is 0 Å². The van der Waals surface area contributed by atoms with Crippen molar-refractivity contribution in [1.82, 2.24) is 5.32 Å². The van der Waals surface area contributed by atoms with Crippen LogP contribution in [0.4, 0.5) is 0 Å². The van der Waals surface area contributed by atoms with Crippen molar-refractivity contribution in [3.8, 4) is 0 Å². The lowest BCUT2D eigenvalue weighted by molar-refractivity contribution is -0.127. The smallest absolute Gasteiger partial charge is 0.240 e. The van der Waals surface area contributed by atoms with Gasteiger partial charge in [-0.2, -0.15) is 0 Å². The highest BCUT2D eigenvalue weighted by molar-refractivity contribution is 5.86. The molecule has 19 heavy (non-hydrogen) atoms. The third-order valence-corrected chi connectivity index (χ3v) is 5.08. The number of nitrogens with two attached hydrogens (primary N) is 1. The van der Waals surface area contributed by atoms with Gasteiger partial charge >= 0.3 is 0 Å². The highest BCUT2D eigenvalue weighted by atomic mass is 35.5. The molecule has 2 rings (SSSR count). The average molecular weight is 289 g/mol. The molecule has 0 heterocycles. The van der Waals surface area contributed by atoms with E-state index >= 15 is 0 Å². The van der Waals surface area contributed by atoms with E-state index in [1.807, 2.05) is 6.92 Å². The van der Waals surface area contributed by atoms with E-state index in [9.17, 15) is 4.79 Å². The number of hydrogen-bond acceptors (Lipinski definition) is 2. The van der Waals surface area contributed by atoms with Gasteiger partial charge in [0.1, 0.15) is 0 Å². The first-order valence-electron chi connectivity index (χ1n) is 7.54. The van der Waals surface area contributed by atoms with Gasteiger partial charge in [-0.1, -0.05) is 19.8 Å². The molecule has 2 saturated carbocycles. The molecule has 0 saturated heterocycles. The van der Waals surface area contributed by atoms with Crippen molar-refractivity contribution in [2.24, 2.45) is 23.5 Å². The zero-order chi connectivity index (χ0) is 13.3. The number of fused-ring (bicyclic) bond motifs is 2. The minimum atomic E-state index is -0.708. The third kappa shape index (κ3) is 3.63. The Morgan fingerprint density at radius 1 is 1.42 bits per heavy atom. The van der Waals surface area contributed by atoms with Crippen LogP contribution in [0, 0.1) is 17.8 Å². The molecule has 5 atom stereocenters. The zero-order valence-corrected chi connectivity index (χ0v) is 13.3.